The van der Waals surface area contributed by atoms with Gasteiger partial charge in [0.1, 0.15) is 12.1 Å². The van der Waals surface area contributed by atoms with Crippen LogP contribution in [0, 0.1) is 0 Å². The molecular formula is C56H78N2O16+2. The summed E-state index contributed by atoms with van der Waals surface area (Å²) in [7, 11) is 23.7. The van der Waals surface area contributed by atoms with Crippen molar-refractivity contribution < 1.29 is 84.9 Å². The average Bonchev–Trinajstić information content (AvgIpc) is 3.42. The standard InChI is InChI=1S/C56H78N2O16/c1-57(23-19-37-33-45(65-7)53(69-11)55(71-13)49(37)39(57)27-35-29-41(61-3)51(67-9)42(30-35)62-4)21-15-25-73-47(59)17-18-48(60)74-26-16-22-58(2)24-20-38-34-46(66-8)54(70-12)56(72-14)50(38)40(58)28-36-31-43(63-5)52(68-10)44(32-36)64-6/h29-34,39-40H,15-28H2,1-14H3/q+2/t39?,40?,57-,58+. The van der Waals surface area contributed by atoms with E-state index in [2.05, 4.69) is 14.1 Å². The fourth-order valence-corrected chi connectivity index (χ4v) is 11.0. The number of quaternary nitrogens is 2. The van der Waals surface area contributed by atoms with Crippen LogP contribution in [0.2, 0.25) is 0 Å². The second kappa shape index (κ2) is 25.5. The number of esters is 2. The number of carbonyl (C=O) groups is 2. The quantitative estimate of drug-likeness (QED) is 0.0324. The van der Waals surface area contributed by atoms with Crippen LogP contribution >= 0.6 is 0 Å². The summed E-state index contributed by atoms with van der Waals surface area (Å²) in [6.07, 6.45) is 3.69. The highest BCUT2D eigenvalue weighted by atomic mass is 16.6. The van der Waals surface area contributed by atoms with Crippen LogP contribution in [-0.2, 0) is 44.7 Å². The van der Waals surface area contributed by atoms with Crippen LogP contribution in [0.1, 0.15) is 71.1 Å². The lowest BCUT2D eigenvalue weighted by Gasteiger charge is -2.46. The number of nitrogens with zero attached hydrogens (tertiary/aromatic N) is 2. The number of likely N-dealkylation sites (N-methyl/N-ethyl adjacent to an activating group) is 2. The maximum absolute atomic E-state index is 13.1. The third-order valence-electron chi connectivity index (χ3n) is 14.9. The summed E-state index contributed by atoms with van der Waals surface area (Å²) in [5.41, 5.74) is 6.22. The van der Waals surface area contributed by atoms with Crippen molar-refractivity contribution in [1.82, 2.24) is 0 Å². The molecule has 0 saturated heterocycles. The van der Waals surface area contributed by atoms with E-state index in [0.717, 1.165) is 59.3 Å². The first kappa shape index (κ1) is 56.6. The Morgan fingerprint density at radius 1 is 0.419 bits per heavy atom. The van der Waals surface area contributed by atoms with Crippen LogP contribution in [0.4, 0.5) is 0 Å². The van der Waals surface area contributed by atoms with Gasteiger partial charge in [-0.15, -0.1) is 0 Å². The predicted molar refractivity (Wildman–Crippen MR) is 277 cm³/mol. The molecule has 18 nitrogen and oxygen atoms in total. The third kappa shape index (κ3) is 12.0. The molecule has 0 spiro atoms. The number of benzene rings is 4. The van der Waals surface area contributed by atoms with Gasteiger partial charge in [0.05, 0.1) is 163 Å². The first-order chi connectivity index (χ1) is 35.7. The van der Waals surface area contributed by atoms with Gasteiger partial charge in [-0.3, -0.25) is 9.59 Å². The van der Waals surface area contributed by atoms with Gasteiger partial charge in [-0.2, -0.15) is 0 Å². The van der Waals surface area contributed by atoms with Gasteiger partial charge in [-0.1, -0.05) is 0 Å². The second-order valence-electron chi connectivity index (χ2n) is 18.9. The van der Waals surface area contributed by atoms with E-state index in [1.807, 2.05) is 36.4 Å². The van der Waals surface area contributed by atoms with E-state index in [-0.39, 0.29) is 38.1 Å². The Balaban J connectivity index is 1.08. The fourth-order valence-electron chi connectivity index (χ4n) is 11.0. The van der Waals surface area contributed by atoms with Crippen molar-refractivity contribution in [2.45, 2.75) is 63.5 Å². The van der Waals surface area contributed by atoms with Crippen molar-refractivity contribution in [2.24, 2.45) is 0 Å². The second-order valence-corrected chi connectivity index (χ2v) is 18.9. The molecule has 74 heavy (non-hydrogen) atoms. The zero-order valence-corrected chi connectivity index (χ0v) is 45.9. The highest BCUT2D eigenvalue weighted by Gasteiger charge is 2.45. The topological polar surface area (TPSA) is 163 Å². The van der Waals surface area contributed by atoms with E-state index in [1.54, 1.807) is 85.3 Å². The molecular weight excluding hydrogens is 957 g/mol. The summed E-state index contributed by atoms with van der Waals surface area (Å²) in [5, 5.41) is 0. The van der Waals surface area contributed by atoms with E-state index >= 15 is 0 Å². The largest absolute Gasteiger partial charge is 0.493 e. The maximum Gasteiger partial charge on any atom is 0.306 e. The van der Waals surface area contributed by atoms with Gasteiger partial charge >= 0.3 is 11.9 Å². The van der Waals surface area contributed by atoms with Crippen molar-refractivity contribution in [1.29, 1.82) is 0 Å². The number of fused-ring (bicyclic) bond motifs is 2. The van der Waals surface area contributed by atoms with Gasteiger partial charge < -0.3 is 75.3 Å². The van der Waals surface area contributed by atoms with Gasteiger partial charge in [0.25, 0.3) is 0 Å². The molecule has 0 fully saturated rings. The molecule has 0 saturated carbocycles. The minimum Gasteiger partial charge on any atom is -0.493 e. The van der Waals surface area contributed by atoms with Crippen molar-refractivity contribution in [3.63, 3.8) is 0 Å². The minimum atomic E-state index is -0.457. The smallest absolute Gasteiger partial charge is 0.306 e. The molecule has 2 heterocycles. The maximum atomic E-state index is 13.1. The molecule has 4 atom stereocenters. The highest BCUT2D eigenvalue weighted by Crippen LogP contribution is 2.53. The molecule has 18 heteroatoms. The Morgan fingerprint density at radius 3 is 1.00 bits per heavy atom. The third-order valence-corrected chi connectivity index (χ3v) is 14.9. The zero-order valence-electron chi connectivity index (χ0n) is 45.9. The van der Waals surface area contributed by atoms with Crippen LogP contribution in [0.3, 0.4) is 0 Å². The molecule has 0 radical (unpaired) electrons. The van der Waals surface area contributed by atoms with Crippen LogP contribution in [0.25, 0.3) is 0 Å². The lowest BCUT2D eigenvalue weighted by atomic mass is 9.85. The Morgan fingerprint density at radius 2 is 0.716 bits per heavy atom. The Kier molecular flexibility index (Phi) is 19.5. The number of hydrogen-bond acceptors (Lipinski definition) is 16. The molecule has 2 aliphatic rings. The van der Waals surface area contributed by atoms with E-state index in [1.165, 1.54) is 0 Å². The summed E-state index contributed by atoms with van der Waals surface area (Å²) in [5.74, 6) is 5.85. The fraction of sp³-hybridized carbons (Fsp3) is 0.536. The molecule has 6 rings (SSSR count). The Hall–Kier alpha value is -6.66. The van der Waals surface area contributed by atoms with Gasteiger partial charge in [0, 0.05) is 38.5 Å². The first-order valence-corrected chi connectivity index (χ1v) is 24.9. The molecule has 0 aromatic heterocycles. The van der Waals surface area contributed by atoms with Crippen molar-refractivity contribution in [2.75, 3.05) is 139 Å². The SMILES string of the molecule is COc1cc(CC2c3c(cc(OC)c(OC)c3OC)CC[N@+]2(C)CCCOC(=O)CCC(=O)OCCC[N@+]2(C)CCc3cc(OC)c(OC)c(OC)c3C2Cc2cc(OC)c(OC)c(OC)c2)cc(OC)c1OC. The summed E-state index contributed by atoms with van der Waals surface area (Å²) in [6.45, 7) is 3.35. The summed E-state index contributed by atoms with van der Waals surface area (Å²) < 4.78 is 82.2. The predicted octanol–water partition coefficient (Wildman–Crippen LogP) is 7.71. The highest BCUT2D eigenvalue weighted by molar-refractivity contribution is 5.77. The average molecular weight is 1040 g/mol. The monoisotopic (exact) mass is 1030 g/mol. The minimum absolute atomic E-state index is 0.0898. The first-order valence-electron chi connectivity index (χ1n) is 24.9. The van der Waals surface area contributed by atoms with Crippen LogP contribution in [0.15, 0.2) is 36.4 Å². The molecule has 0 amide bonds. The van der Waals surface area contributed by atoms with E-state index in [9.17, 15) is 9.59 Å². The van der Waals surface area contributed by atoms with E-state index in [0.29, 0.717) is 117 Å². The molecule has 2 unspecified atom stereocenters. The Labute approximate surface area is 436 Å². The van der Waals surface area contributed by atoms with Gasteiger partial charge in [-0.25, -0.2) is 0 Å². The van der Waals surface area contributed by atoms with Gasteiger partial charge in [0.15, 0.2) is 46.0 Å². The molecule has 4 aromatic rings. The lowest BCUT2D eigenvalue weighted by Crippen LogP contribution is -2.53. The number of ether oxygens (including phenoxy) is 14. The number of carbonyl (C=O) groups excluding carboxylic acids is 2. The number of hydrogen-bond donors (Lipinski definition) is 0. The number of rotatable bonds is 27. The Bertz CT molecular complexity index is 2360. The van der Waals surface area contributed by atoms with E-state index < -0.39 is 11.9 Å². The van der Waals surface area contributed by atoms with Gasteiger partial charge in [0.2, 0.25) is 23.0 Å². The van der Waals surface area contributed by atoms with Gasteiger partial charge in [-0.05, 0) is 58.7 Å². The van der Waals surface area contributed by atoms with E-state index in [4.69, 9.17) is 66.3 Å². The van der Waals surface area contributed by atoms with Crippen LogP contribution in [0.5, 0.6) is 69.0 Å². The molecule has 0 aliphatic carbocycles. The molecule has 0 N–H and O–H groups in total. The van der Waals surface area contributed by atoms with Crippen molar-refractivity contribution in [3.8, 4) is 69.0 Å². The van der Waals surface area contributed by atoms with Crippen molar-refractivity contribution >= 4 is 11.9 Å². The molecule has 0 bridgehead atoms. The van der Waals surface area contributed by atoms with Crippen LogP contribution in [-0.4, -0.2) is 160 Å². The van der Waals surface area contributed by atoms with Crippen molar-refractivity contribution in [3.05, 3.63) is 69.8 Å². The molecule has 406 valence electrons. The summed E-state index contributed by atoms with van der Waals surface area (Å²) in [4.78, 5) is 26.2. The van der Waals surface area contributed by atoms with Crippen LogP contribution < -0.4 is 56.8 Å². The lowest BCUT2D eigenvalue weighted by molar-refractivity contribution is -0.941. The summed E-state index contributed by atoms with van der Waals surface area (Å²) in [6, 6.07) is 11.7. The molecule has 4 aromatic carbocycles. The zero-order chi connectivity index (χ0) is 53.7. The number of methoxy groups -OCH3 is 12. The summed E-state index contributed by atoms with van der Waals surface area (Å²) >= 11 is 0. The normalized spacial score (nSPS) is 18.7. The molecule has 2 aliphatic heterocycles.